The molecule has 0 saturated carbocycles. The molecule has 0 spiro atoms. The van der Waals surface area contributed by atoms with Gasteiger partial charge in [0.05, 0.1) is 12.3 Å². The zero-order valence-electron chi connectivity index (χ0n) is 17.6. The standard InChI is InChI=1S/C25H20N2O5S/c1-2-31-22-13-8-16(15-21(22)28)14-20-23(29)26-25(33)27(24(20)30)17-9-11-19(12-10-17)32-18-6-4-3-5-7-18/h3-15,28H,2H2,1H3,(H,26,29,33)/b20-14+. The van der Waals surface area contributed by atoms with Gasteiger partial charge in [-0.25, -0.2) is 0 Å². The molecule has 0 aromatic heterocycles. The van der Waals surface area contributed by atoms with Crippen molar-refractivity contribution < 1.29 is 24.2 Å². The van der Waals surface area contributed by atoms with Crippen LogP contribution in [0, 0.1) is 0 Å². The number of hydrogen-bond donors (Lipinski definition) is 2. The molecule has 1 aliphatic heterocycles. The number of rotatable bonds is 6. The quantitative estimate of drug-likeness (QED) is 0.322. The maximum absolute atomic E-state index is 13.2. The number of benzene rings is 3. The minimum atomic E-state index is -0.612. The van der Waals surface area contributed by atoms with Crippen molar-refractivity contribution in [1.29, 1.82) is 0 Å². The molecular formula is C25H20N2O5S. The average molecular weight is 461 g/mol. The number of carbonyl (C=O) groups excluding carboxylic acids is 2. The first-order chi connectivity index (χ1) is 16.0. The summed E-state index contributed by atoms with van der Waals surface area (Å²) in [6.45, 7) is 2.20. The van der Waals surface area contributed by atoms with Crippen LogP contribution in [-0.2, 0) is 9.59 Å². The van der Waals surface area contributed by atoms with Crippen LogP contribution in [0.1, 0.15) is 12.5 Å². The molecule has 3 aromatic carbocycles. The minimum Gasteiger partial charge on any atom is -0.504 e. The Morgan fingerprint density at radius 2 is 1.70 bits per heavy atom. The second kappa shape index (κ2) is 9.54. The van der Waals surface area contributed by atoms with Gasteiger partial charge in [-0.2, -0.15) is 0 Å². The fourth-order valence-corrected chi connectivity index (χ4v) is 3.53. The van der Waals surface area contributed by atoms with Gasteiger partial charge in [0, 0.05) is 0 Å². The Morgan fingerprint density at radius 1 is 1.00 bits per heavy atom. The number of phenols is 1. The molecule has 2 amide bonds. The predicted octanol–water partition coefficient (Wildman–Crippen LogP) is 4.41. The van der Waals surface area contributed by atoms with E-state index in [4.69, 9.17) is 21.7 Å². The molecular weight excluding hydrogens is 440 g/mol. The molecule has 1 heterocycles. The van der Waals surface area contributed by atoms with Crippen LogP contribution in [0.25, 0.3) is 6.08 Å². The topological polar surface area (TPSA) is 88.1 Å². The van der Waals surface area contributed by atoms with Crippen molar-refractivity contribution in [3.8, 4) is 23.0 Å². The van der Waals surface area contributed by atoms with E-state index in [-0.39, 0.29) is 16.4 Å². The summed E-state index contributed by atoms with van der Waals surface area (Å²) >= 11 is 5.24. The van der Waals surface area contributed by atoms with Crippen molar-refractivity contribution >= 4 is 40.9 Å². The van der Waals surface area contributed by atoms with E-state index in [0.29, 0.717) is 35.1 Å². The monoisotopic (exact) mass is 460 g/mol. The first-order valence-corrected chi connectivity index (χ1v) is 10.6. The number of carbonyl (C=O) groups is 2. The summed E-state index contributed by atoms with van der Waals surface area (Å²) in [5, 5.41) is 12.6. The summed E-state index contributed by atoms with van der Waals surface area (Å²) in [7, 11) is 0. The first kappa shape index (κ1) is 22.0. The number of phenolic OH excluding ortho intramolecular Hbond substituents is 1. The molecule has 7 nitrogen and oxygen atoms in total. The van der Waals surface area contributed by atoms with Gasteiger partial charge in [0.2, 0.25) is 0 Å². The number of ether oxygens (including phenoxy) is 2. The molecule has 1 saturated heterocycles. The normalized spacial score (nSPS) is 14.9. The van der Waals surface area contributed by atoms with E-state index in [1.807, 2.05) is 30.3 Å². The molecule has 1 aliphatic rings. The maximum Gasteiger partial charge on any atom is 0.270 e. The Kier molecular flexibility index (Phi) is 6.37. The number of nitrogens with zero attached hydrogens (tertiary/aromatic N) is 1. The summed E-state index contributed by atoms with van der Waals surface area (Å²) in [5.41, 5.74) is 0.830. The minimum absolute atomic E-state index is 0.0200. The molecule has 0 atom stereocenters. The third-order valence-electron chi connectivity index (χ3n) is 4.77. The maximum atomic E-state index is 13.2. The Balaban J connectivity index is 1.58. The third kappa shape index (κ3) is 4.86. The predicted molar refractivity (Wildman–Crippen MR) is 128 cm³/mol. The number of aromatic hydroxyl groups is 1. The van der Waals surface area contributed by atoms with Crippen molar-refractivity contribution in [2.45, 2.75) is 6.92 Å². The fraction of sp³-hybridized carbons (Fsp3) is 0.0800. The highest BCUT2D eigenvalue weighted by Crippen LogP contribution is 2.30. The molecule has 0 bridgehead atoms. The van der Waals surface area contributed by atoms with Gasteiger partial charge in [0.25, 0.3) is 11.8 Å². The van der Waals surface area contributed by atoms with Gasteiger partial charge in [-0.05, 0) is 79.3 Å². The van der Waals surface area contributed by atoms with Gasteiger partial charge in [-0.15, -0.1) is 0 Å². The lowest BCUT2D eigenvalue weighted by molar-refractivity contribution is -0.122. The fourth-order valence-electron chi connectivity index (χ4n) is 3.25. The summed E-state index contributed by atoms with van der Waals surface area (Å²) in [5.74, 6) is 0.319. The second-order valence-corrected chi connectivity index (χ2v) is 7.41. The van der Waals surface area contributed by atoms with Gasteiger partial charge >= 0.3 is 0 Å². The van der Waals surface area contributed by atoms with Crippen LogP contribution in [0.5, 0.6) is 23.0 Å². The van der Waals surface area contributed by atoms with E-state index in [2.05, 4.69) is 5.32 Å². The van der Waals surface area contributed by atoms with Crippen LogP contribution in [0.2, 0.25) is 0 Å². The van der Waals surface area contributed by atoms with Crippen LogP contribution < -0.4 is 19.7 Å². The highest BCUT2D eigenvalue weighted by atomic mass is 32.1. The van der Waals surface area contributed by atoms with Crippen molar-refractivity contribution in [3.63, 3.8) is 0 Å². The lowest BCUT2D eigenvalue weighted by Crippen LogP contribution is -2.54. The molecule has 0 aliphatic carbocycles. The van der Waals surface area contributed by atoms with E-state index in [1.54, 1.807) is 43.3 Å². The van der Waals surface area contributed by atoms with Crippen LogP contribution in [-0.4, -0.2) is 28.6 Å². The Bertz CT molecular complexity index is 1240. The Hall–Kier alpha value is -4.17. The Morgan fingerprint density at radius 3 is 2.36 bits per heavy atom. The molecule has 33 heavy (non-hydrogen) atoms. The van der Waals surface area contributed by atoms with Gasteiger partial charge < -0.3 is 14.6 Å². The highest BCUT2D eigenvalue weighted by molar-refractivity contribution is 7.80. The van der Waals surface area contributed by atoms with Gasteiger partial charge in [-0.3, -0.25) is 19.8 Å². The van der Waals surface area contributed by atoms with Crippen LogP contribution in [0.4, 0.5) is 5.69 Å². The zero-order chi connectivity index (χ0) is 23.4. The van der Waals surface area contributed by atoms with Crippen molar-refractivity contribution in [2.24, 2.45) is 0 Å². The SMILES string of the molecule is CCOc1ccc(/C=C2\C(=O)NC(=S)N(c3ccc(Oc4ccccc4)cc3)C2=O)cc1O. The smallest absolute Gasteiger partial charge is 0.270 e. The molecule has 8 heteroatoms. The summed E-state index contributed by atoms with van der Waals surface area (Å²) < 4.78 is 11.1. The van der Waals surface area contributed by atoms with Crippen molar-refractivity contribution in [3.05, 3.63) is 83.9 Å². The number of amides is 2. The molecule has 0 unspecified atom stereocenters. The summed E-state index contributed by atoms with van der Waals surface area (Å²) in [6, 6.07) is 20.7. The number of thiocarbonyl (C=S) groups is 1. The van der Waals surface area contributed by atoms with Gasteiger partial charge in [-0.1, -0.05) is 24.3 Å². The van der Waals surface area contributed by atoms with E-state index >= 15 is 0 Å². The van der Waals surface area contributed by atoms with Crippen molar-refractivity contribution in [1.82, 2.24) is 5.32 Å². The number of hydrogen-bond acceptors (Lipinski definition) is 6. The Labute approximate surface area is 195 Å². The van der Waals surface area contributed by atoms with Gasteiger partial charge in [0.1, 0.15) is 17.1 Å². The van der Waals surface area contributed by atoms with Crippen LogP contribution >= 0.6 is 12.2 Å². The lowest BCUT2D eigenvalue weighted by atomic mass is 10.1. The third-order valence-corrected chi connectivity index (χ3v) is 5.05. The zero-order valence-corrected chi connectivity index (χ0v) is 18.5. The number of anilines is 1. The van der Waals surface area contributed by atoms with E-state index in [9.17, 15) is 14.7 Å². The molecule has 3 aromatic rings. The number of para-hydroxylation sites is 1. The summed E-state index contributed by atoms with van der Waals surface area (Å²) in [6.07, 6.45) is 1.40. The molecule has 2 N–H and O–H groups in total. The first-order valence-electron chi connectivity index (χ1n) is 10.2. The molecule has 1 fully saturated rings. The van der Waals surface area contributed by atoms with Gasteiger partial charge in [0.15, 0.2) is 16.6 Å². The largest absolute Gasteiger partial charge is 0.504 e. The average Bonchev–Trinajstić information content (AvgIpc) is 2.80. The number of nitrogens with one attached hydrogen (secondary N) is 1. The summed E-state index contributed by atoms with van der Waals surface area (Å²) in [4.78, 5) is 26.9. The van der Waals surface area contributed by atoms with E-state index in [1.165, 1.54) is 17.0 Å². The van der Waals surface area contributed by atoms with Crippen LogP contribution in [0.3, 0.4) is 0 Å². The van der Waals surface area contributed by atoms with E-state index in [0.717, 1.165) is 0 Å². The van der Waals surface area contributed by atoms with E-state index < -0.39 is 11.8 Å². The van der Waals surface area contributed by atoms with Crippen LogP contribution in [0.15, 0.2) is 78.4 Å². The van der Waals surface area contributed by atoms with Crippen molar-refractivity contribution in [2.75, 3.05) is 11.5 Å². The second-order valence-electron chi connectivity index (χ2n) is 7.03. The lowest BCUT2D eigenvalue weighted by Gasteiger charge is -2.29. The molecule has 0 radical (unpaired) electrons. The molecule has 4 rings (SSSR count). The molecule has 166 valence electrons. The highest BCUT2D eigenvalue weighted by Gasteiger charge is 2.34.